The Morgan fingerprint density at radius 3 is 2.89 bits per heavy atom. The van der Waals surface area contributed by atoms with E-state index < -0.39 is 17.6 Å². The maximum absolute atomic E-state index is 11.8. The molecule has 1 aromatic carbocycles. The Morgan fingerprint density at radius 1 is 1.50 bits per heavy atom. The molecule has 94 valence electrons. The number of carbonyl (C=O) groups is 1. The quantitative estimate of drug-likeness (QED) is 0.852. The molecule has 0 saturated carbocycles. The second kappa shape index (κ2) is 4.48. The predicted octanol–water partition coefficient (Wildman–Crippen LogP) is 1.38. The van der Waals surface area contributed by atoms with E-state index in [1.165, 1.54) is 6.92 Å². The van der Waals surface area contributed by atoms with Gasteiger partial charge in [0.25, 0.3) is 6.01 Å². The minimum atomic E-state index is -1.05. The van der Waals surface area contributed by atoms with E-state index in [2.05, 4.69) is 10.3 Å². The van der Waals surface area contributed by atoms with Gasteiger partial charge in [0.05, 0.1) is 10.9 Å². The van der Waals surface area contributed by atoms with Crippen LogP contribution in [0.2, 0.25) is 0 Å². The highest BCUT2D eigenvalue weighted by Crippen LogP contribution is 2.14. The molecule has 0 radical (unpaired) electrons. The lowest BCUT2D eigenvalue weighted by atomic mass is 10.1. The number of aryl methyl sites for hydroxylation is 1. The van der Waals surface area contributed by atoms with Gasteiger partial charge in [-0.3, -0.25) is 4.79 Å². The number of benzene rings is 1. The van der Waals surface area contributed by atoms with E-state index in [0.717, 1.165) is 5.56 Å². The minimum absolute atomic E-state index is 0.0898. The van der Waals surface area contributed by atoms with Gasteiger partial charge in [-0.2, -0.15) is 4.98 Å². The lowest BCUT2D eigenvalue weighted by molar-refractivity contribution is -0.137. The number of nitrogens with zero attached hydrogens (tertiary/aromatic N) is 1. The monoisotopic (exact) mass is 248 g/mol. The van der Waals surface area contributed by atoms with Crippen molar-refractivity contribution in [1.82, 2.24) is 4.98 Å². The van der Waals surface area contributed by atoms with E-state index in [-0.39, 0.29) is 6.01 Å². The van der Waals surface area contributed by atoms with Crippen LogP contribution >= 0.6 is 0 Å². The summed E-state index contributed by atoms with van der Waals surface area (Å²) in [5.74, 6) is -1.05. The number of anilines is 1. The first-order chi connectivity index (χ1) is 8.49. The summed E-state index contributed by atoms with van der Waals surface area (Å²) >= 11 is 0. The molecule has 2 aromatic rings. The highest BCUT2D eigenvalue weighted by molar-refractivity contribution is 5.81. The summed E-state index contributed by atoms with van der Waals surface area (Å²) in [6.45, 7) is 3.22. The van der Waals surface area contributed by atoms with Crippen molar-refractivity contribution in [3.8, 4) is 0 Å². The van der Waals surface area contributed by atoms with Gasteiger partial charge in [-0.1, -0.05) is 12.1 Å². The van der Waals surface area contributed by atoms with Crippen LogP contribution in [-0.4, -0.2) is 22.1 Å². The molecular weight excluding hydrogens is 236 g/mol. The zero-order valence-corrected chi connectivity index (χ0v) is 9.93. The number of hydrogen-bond donors (Lipinski definition) is 2. The maximum Gasteiger partial charge on any atom is 0.348 e. The molecule has 6 nitrogen and oxygen atoms in total. The fourth-order valence-electron chi connectivity index (χ4n) is 1.59. The SMILES string of the molecule is Cc1cccc2nc(N[C@@H](C)C(=O)O)oc(=O)c12. The Labute approximate surface area is 102 Å². The third-order valence-electron chi connectivity index (χ3n) is 2.58. The Balaban J connectivity index is 2.50. The summed E-state index contributed by atoms with van der Waals surface area (Å²) in [6, 6.07) is 4.26. The molecule has 0 aliphatic heterocycles. The minimum Gasteiger partial charge on any atom is -0.480 e. The topological polar surface area (TPSA) is 92.4 Å². The van der Waals surface area contributed by atoms with Crippen molar-refractivity contribution in [3.63, 3.8) is 0 Å². The van der Waals surface area contributed by atoms with Crippen LogP contribution in [-0.2, 0) is 4.79 Å². The smallest absolute Gasteiger partial charge is 0.348 e. The van der Waals surface area contributed by atoms with Gasteiger partial charge in [0.2, 0.25) is 0 Å². The van der Waals surface area contributed by atoms with E-state index in [0.29, 0.717) is 10.9 Å². The first-order valence-electron chi connectivity index (χ1n) is 5.39. The van der Waals surface area contributed by atoms with Crippen LogP contribution in [0.3, 0.4) is 0 Å². The number of carboxylic acids is 1. The first-order valence-corrected chi connectivity index (χ1v) is 5.39. The summed E-state index contributed by atoms with van der Waals surface area (Å²) in [5, 5.41) is 11.7. The van der Waals surface area contributed by atoms with Crippen molar-refractivity contribution < 1.29 is 14.3 Å². The van der Waals surface area contributed by atoms with Gasteiger partial charge < -0.3 is 14.8 Å². The molecule has 0 bridgehead atoms. The summed E-state index contributed by atoms with van der Waals surface area (Å²) in [6.07, 6.45) is 0. The fraction of sp³-hybridized carbons (Fsp3) is 0.250. The van der Waals surface area contributed by atoms with E-state index in [1.807, 2.05) is 0 Å². The lowest BCUT2D eigenvalue weighted by Gasteiger charge is -2.08. The third-order valence-corrected chi connectivity index (χ3v) is 2.58. The number of aromatic nitrogens is 1. The molecule has 0 saturated heterocycles. The molecule has 0 amide bonds. The maximum atomic E-state index is 11.8. The molecule has 0 spiro atoms. The summed E-state index contributed by atoms with van der Waals surface area (Å²) in [4.78, 5) is 26.6. The van der Waals surface area contributed by atoms with Gasteiger partial charge in [0.1, 0.15) is 6.04 Å². The number of carboxylic acid groups (broad SMARTS) is 1. The highest BCUT2D eigenvalue weighted by atomic mass is 16.4. The van der Waals surface area contributed by atoms with E-state index in [9.17, 15) is 9.59 Å². The van der Waals surface area contributed by atoms with Crippen molar-refractivity contribution in [2.75, 3.05) is 5.32 Å². The molecule has 2 N–H and O–H groups in total. The zero-order chi connectivity index (χ0) is 13.3. The molecule has 0 aliphatic carbocycles. The van der Waals surface area contributed by atoms with Gasteiger partial charge in [-0.05, 0) is 25.5 Å². The molecular formula is C12H12N2O4. The van der Waals surface area contributed by atoms with Crippen LogP contribution < -0.4 is 10.9 Å². The Morgan fingerprint density at radius 2 is 2.22 bits per heavy atom. The van der Waals surface area contributed by atoms with Gasteiger partial charge in [0, 0.05) is 0 Å². The lowest BCUT2D eigenvalue weighted by Crippen LogP contribution is -2.26. The normalized spacial score (nSPS) is 12.3. The van der Waals surface area contributed by atoms with Crippen molar-refractivity contribution in [2.45, 2.75) is 19.9 Å². The van der Waals surface area contributed by atoms with Crippen molar-refractivity contribution in [2.24, 2.45) is 0 Å². The number of fused-ring (bicyclic) bond motifs is 1. The molecule has 1 aromatic heterocycles. The average Bonchev–Trinajstić information content (AvgIpc) is 2.28. The van der Waals surface area contributed by atoms with Crippen LogP contribution in [0.5, 0.6) is 0 Å². The summed E-state index contributed by atoms with van der Waals surface area (Å²) in [5.41, 5.74) is 0.719. The zero-order valence-electron chi connectivity index (χ0n) is 9.93. The van der Waals surface area contributed by atoms with Crippen LogP contribution in [0.25, 0.3) is 10.9 Å². The number of rotatable bonds is 3. The van der Waals surface area contributed by atoms with Gasteiger partial charge in [-0.15, -0.1) is 0 Å². The molecule has 2 rings (SSSR count). The molecule has 1 heterocycles. The van der Waals surface area contributed by atoms with Gasteiger partial charge in [0.15, 0.2) is 0 Å². The first kappa shape index (κ1) is 12.1. The Bertz CT molecular complexity index is 663. The average molecular weight is 248 g/mol. The number of nitrogens with one attached hydrogen (secondary N) is 1. The summed E-state index contributed by atoms with van der Waals surface area (Å²) < 4.78 is 4.95. The number of aliphatic carboxylic acids is 1. The molecule has 0 fully saturated rings. The molecule has 0 aliphatic rings. The standard InChI is InChI=1S/C12H12N2O4/c1-6-4-3-5-8-9(6)11(17)18-12(14-8)13-7(2)10(15)16/h3-5,7H,1-2H3,(H,13,14)(H,15,16)/t7-/m0/s1. The highest BCUT2D eigenvalue weighted by Gasteiger charge is 2.14. The second-order valence-electron chi connectivity index (χ2n) is 3.98. The Kier molecular flexibility index (Phi) is 3.01. The van der Waals surface area contributed by atoms with Gasteiger partial charge in [-0.25, -0.2) is 4.79 Å². The molecule has 1 atom stereocenters. The predicted molar refractivity (Wildman–Crippen MR) is 65.7 cm³/mol. The van der Waals surface area contributed by atoms with E-state index in [1.54, 1.807) is 25.1 Å². The molecule has 6 heteroatoms. The Hall–Kier alpha value is -2.37. The van der Waals surface area contributed by atoms with E-state index >= 15 is 0 Å². The van der Waals surface area contributed by atoms with E-state index in [4.69, 9.17) is 9.52 Å². The largest absolute Gasteiger partial charge is 0.480 e. The van der Waals surface area contributed by atoms with Crippen LogP contribution in [0.1, 0.15) is 12.5 Å². The van der Waals surface area contributed by atoms with Crippen LogP contribution in [0.15, 0.2) is 27.4 Å². The van der Waals surface area contributed by atoms with Crippen molar-refractivity contribution >= 4 is 22.9 Å². The second-order valence-corrected chi connectivity index (χ2v) is 3.98. The van der Waals surface area contributed by atoms with Crippen LogP contribution in [0.4, 0.5) is 6.01 Å². The molecule has 0 unspecified atom stereocenters. The van der Waals surface area contributed by atoms with Crippen molar-refractivity contribution in [1.29, 1.82) is 0 Å². The fourth-order valence-corrected chi connectivity index (χ4v) is 1.59. The summed E-state index contributed by atoms with van der Waals surface area (Å²) in [7, 11) is 0. The number of hydrogen-bond acceptors (Lipinski definition) is 5. The van der Waals surface area contributed by atoms with Crippen LogP contribution in [0, 0.1) is 6.92 Å². The van der Waals surface area contributed by atoms with Crippen molar-refractivity contribution in [3.05, 3.63) is 34.2 Å². The molecule has 18 heavy (non-hydrogen) atoms. The third kappa shape index (κ3) is 2.17. The van der Waals surface area contributed by atoms with Gasteiger partial charge >= 0.3 is 11.6 Å².